The third kappa shape index (κ3) is 1.88. The molecule has 1 aromatic carbocycles. The van der Waals surface area contributed by atoms with E-state index in [4.69, 9.17) is 9.47 Å². The van der Waals surface area contributed by atoms with Gasteiger partial charge in [0.1, 0.15) is 13.2 Å². The summed E-state index contributed by atoms with van der Waals surface area (Å²) in [5.41, 5.74) is 0.963. The maximum Gasteiger partial charge on any atom is 0.315 e. The van der Waals surface area contributed by atoms with E-state index in [0.29, 0.717) is 24.9 Å². The van der Waals surface area contributed by atoms with Crippen molar-refractivity contribution < 1.29 is 14.4 Å². The number of nitrogens with zero attached hydrogens (tertiary/aromatic N) is 1. The Bertz CT molecular complexity index is 483. The minimum atomic E-state index is -0.403. The molecule has 18 heavy (non-hydrogen) atoms. The van der Waals surface area contributed by atoms with Crippen LogP contribution >= 0.6 is 0 Å². The molecule has 6 heteroatoms. The second-order valence-corrected chi connectivity index (χ2v) is 4.51. The molecule has 1 N–H and O–H groups in total. The molecule has 0 aliphatic carbocycles. The van der Waals surface area contributed by atoms with E-state index in [2.05, 4.69) is 5.32 Å². The summed E-state index contributed by atoms with van der Waals surface area (Å²) in [7, 11) is 0. The lowest BCUT2D eigenvalue weighted by molar-refractivity contribution is -0.386. The van der Waals surface area contributed by atoms with Crippen LogP contribution in [0.15, 0.2) is 12.1 Å². The molecule has 0 spiro atoms. The summed E-state index contributed by atoms with van der Waals surface area (Å²) in [6.45, 7) is 2.61. The summed E-state index contributed by atoms with van der Waals surface area (Å²) < 4.78 is 10.8. The van der Waals surface area contributed by atoms with Gasteiger partial charge in [-0.2, -0.15) is 0 Å². The number of benzene rings is 1. The van der Waals surface area contributed by atoms with Gasteiger partial charge >= 0.3 is 5.69 Å². The normalized spacial score (nSPS) is 21.9. The van der Waals surface area contributed by atoms with E-state index in [9.17, 15) is 10.1 Å². The summed E-state index contributed by atoms with van der Waals surface area (Å²) in [6.07, 6.45) is 0.997. The lowest BCUT2D eigenvalue weighted by Crippen LogP contribution is -2.17. The first-order valence-corrected chi connectivity index (χ1v) is 6.04. The van der Waals surface area contributed by atoms with Crippen molar-refractivity contribution in [3.63, 3.8) is 0 Å². The van der Waals surface area contributed by atoms with E-state index in [1.807, 2.05) is 6.07 Å². The van der Waals surface area contributed by atoms with Gasteiger partial charge in [0.05, 0.1) is 4.92 Å². The van der Waals surface area contributed by atoms with E-state index in [0.717, 1.165) is 25.1 Å². The second-order valence-electron chi connectivity index (χ2n) is 4.51. The van der Waals surface area contributed by atoms with Crippen LogP contribution in [0.25, 0.3) is 0 Å². The average molecular weight is 250 g/mol. The zero-order valence-electron chi connectivity index (χ0n) is 9.85. The first-order chi connectivity index (χ1) is 8.75. The molecule has 2 heterocycles. The Morgan fingerprint density at radius 3 is 2.89 bits per heavy atom. The largest absolute Gasteiger partial charge is 0.486 e. The second kappa shape index (κ2) is 4.45. The van der Waals surface area contributed by atoms with Gasteiger partial charge < -0.3 is 14.8 Å². The Morgan fingerprint density at radius 1 is 1.33 bits per heavy atom. The van der Waals surface area contributed by atoms with Gasteiger partial charge in [0.2, 0.25) is 5.75 Å². The lowest BCUT2D eigenvalue weighted by atomic mass is 9.97. The Labute approximate surface area is 104 Å². The number of ether oxygens (including phenoxy) is 2. The van der Waals surface area contributed by atoms with Crippen molar-refractivity contribution in [3.8, 4) is 11.5 Å². The van der Waals surface area contributed by atoms with Crippen molar-refractivity contribution in [2.75, 3.05) is 26.3 Å². The van der Waals surface area contributed by atoms with E-state index in [-0.39, 0.29) is 11.4 Å². The quantitative estimate of drug-likeness (QED) is 0.635. The zero-order valence-corrected chi connectivity index (χ0v) is 9.85. The van der Waals surface area contributed by atoms with E-state index in [1.165, 1.54) is 0 Å². The first kappa shape index (κ1) is 11.3. The third-order valence-corrected chi connectivity index (χ3v) is 3.37. The third-order valence-electron chi connectivity index (χ3n) is 3.37. The number of fused-ring (bicyclic) bond motifs is 1. The molecule has 1 unspecified atom stereocenters. The number of nitrogens with one attached hydrogen (secondary N) is 1. The van der Waals surface area contributed by atoms with Gasteiger partial charge in [-0.05, 0) is 30.5 Å². The summed E-state index contributed by atoms with van der Waals surface area (Å²) in [6, 6.07) is 3.49. The highest BCUT2D eigenvalue weighted by Gasteiger charge is 2.28. The Balaban J connectivity index is 2.05. The maximum atomic E-state index is 11.1. The van der Waals surface area contributed by atoms with Crippen molar-refractivity contribution in [1.29, 1.82) is 0 Å². The fraction of sp³-hybridized carbons (Fsp3) is 0.500. The van der Waals surface area contributed by atoms with Crippen LogP contribution in [0.5, 0.6) is 11.5 Å². The number of hydrogen-bond acceptors (Lipinski definition) is 5. The lowest BCUT2D eigenvalue weighted by Gasteiger charge is -2.20. The molecule has 0 aromatic heterocycles. The molecule has 1 fully saturated rings. The molecule has 1 saturated heterocycles. The summed E-state index contributed by atoms with van der Waals surface area (Å²) >= 11 is 0. The molecule has 0 bridgehead atoms. The van der Waals surface area contributed by atoms with Crippen LogP contribution in [0, 0.1) is 10.1 Å². The van der Waals surface area contributed by atoms with Gasteiger partial charge in [-0.25, -0.2) is 0 Å². The number of rotatable bonds is 2. The minimum Gasteiger partial charge on any atom is -0.486 e. The Kier molecular flexibility index (Phi) is 2.79. The molecule has 0 saturated carbocycles. The van der Waals surface area contributed by atoms with Crippen molar-refractivity contribution in [2.45, 2.75) is 12.3 Å². The van der Waals surface area contributed by atoms with Crippen LogP contribution in [0.1, 0.15) is 17.9 Å². The van der Waals surface area contributed by atoms with E-state index < -0.39 is 4.92 Å². The molecule has 1 aromatic rings. The summed E-state index contributed by atoms with van der Waals surface area (Å²) in [5, 5.41) is 14.4. The first-order valence-electron chi connectivity index (χ1n) is 6.04. The molecular weight excluding hydrogens is 236 g/mol. The van der Waals surface area contributed by atoms with Gasteiger partial charge in [-0.15, -0.1) is 0 Å². The highest BCUT2D eigenvalue weighted by Crippen LogP contribution is 2.42. The Hall–Kier alpha value is -1.82. The van der Waals surface area contributed by atoms with Crippen LogP contribution in [0.3, 0.4) is 0 Å². The predicted octanol–water partition coefficient (Wildman–Crippen LogP) is 1.44. The standard InChI is InChI=1S/C12H14N2O4/c15-14(16)10-5-9(8-1-2-13-7-8)6-11-12(10)18-4-3-17-11/h5-6,8,13H,1-4,7H2. The van der Waals surface area contributed by atoms with Crippen molar-refractivity contribution in [2.24, 2.45) is 0 Å². The van der Waals surface area contributed by atoms with Crippen molar-refractivity contribution in [3.05, 3.63) is 27.8 Å². The molecular formula is C12H14N2O4. The van der Waals surface area contributed by atoms with Gasteiger partial charge in [0.25, 0.3) is 0 Å². The molecule has 3 rings (SSSR count). The SMILES string of the molecule is O=[N+]([O-])c1cc(C2CCNC2)cc2c1OCCO2. The van der Waals surface area contributed by atoms with Crippen LogP contribution in [0.2, 0.25) is 0 Å². The number of nitro benzene ring substituents is 1. The van der Waals surface area contributed by atoms with Crippen LogP contribution in [-0.4, -0.2) is 31.2 Å². The molecule has 2 aliphatic rings. The molecule has 0 radical (unpaired) electrons. The van der Waals surface area contributed by atoms with Crippen LogP contribution in [-0.2, 0) is 0 Å². The highest BCUT2D eigenvalue weighted by molar-refractivity contribution is 5.59. The van der Waals surface area contributed by atoms with Crippen molar-refractivity contribution in [1.82, 2.24) is 5.32 Å². The smallest absolute Gasteiger partial charge is 0.315 e. The van der Waals surface area contributed by atoms with Gasteiger partial charge in [0, 0.05) is 12.6 Å². The fourth-order valence-electron chi connectivity index (χ4n) is 2.47. The maximum absolute atomic E-state index is 11.1. The average Bonchev–Trinajstić information content (AvgIpc) is 2.91. The van der Waals surface area contributed by atoms with Crippen molar-refractivity contribution >= 4 is 5.69 Å². The summed E-state index contributed by atoms with van der Waals surface area (Å²) in [5.74, 6) is 1.08. The number of nitro groups is 1. The fourth-order valence-corrected chi connectivity index (χ4v) is 2.47. The monoisotopic (exact) mass is 250 g/mol. The molecule has 1 atom stereocenters. The van der Waals surface area contributed by atoms with Crippen LogP contribution in [0.4, 0.5) is 5.69 Å². The molecule has 2 aliphatic heterocycles. The zero-order chi connectivity index (χ0) is 12.5. The predicted molar refractivity (Wildman–Crippen MR) is 64.3 cm³/mol. The minimum absolute atomic E-state index is 0.00843. The topological polar surface area (TPSA) is 73.6 Å². The molecule has 96 valence electrons. The highest BCUT2D eigenvalue weighted by atomic mass is 16.6. The van der Waals surface area contributed by atoms with Crippen LogP contribution < -0.4 is 14.8 Å². The van der Waals surface area contributed by atoms with E-state index >= 15 is 0 Å². The summed E-state index contributed by atoms with van der Waals surface area (Å²) in [4.78, 5) is 10.7. The molecule has 6 nitrogen and oxygen atoms in total. The van der Waals surface area contributed by atoms with E-state index in [1.54, 1.807) is 6.07 Å². The molecule has 0 amide bonds. The van der Waals surface area contributed by atoms with Gasteiger partial charge in [0.15, 0.2) is 5.75 Å². The van der Waals surface area contributed by atoms with Gasteiger partial charge in [-0.3, -0.25) is 10.1 Å². The Morgan fingerprint density at radius 2 is 2.17 bits per heavy atom. The number of hydrogen-bond donors (Lipinski definition) is 1. The van der Waals surface area contributed by atoms with Gasteiger partial charge in [-0.1, -0.05) is 0 Å².